The predicted octanol–water partition coefficient (Wildman–Crippen LogP) is -1.60. The fourth-order valence-corrected chi connectivity index (χ4v) is 2.38. The fourth-order valence-electron chi connectivity index (χ4n) is 2.38. The minimum absolute atomic E-state index is 0.0527. The Morgan fingerprint density at radius 1 is 1.14 bits per heavy atom. The summed E-state index contributed by atoms with van der Waals surface area (Å²) in [5.41, 5.74) is 5.95. The number of carbonyl (C=O) groups is 1. The molecule has 1 fully saturated rings. The van der Waals surface area contributed by atoms with E-state index in [4.69, 9.17) is 10.5 Å². The smallest absolute Gasteiger partial charge is 0.247 e. The van der Waals surface area contributed by atoms with Gasteiger partial charge in [-0.3, -0.25) is 4.79 Å². The van der Waals surface area contributed by atoms with Crippen molar-refractivity contribution in [2.75, 3.05) is 6.61 Å². The lowest BCUT2D eigenvalue weighted by molar-refractivity contribution is -0.219. The standard InChI is InChI=1S/C15H19NO6/c16-15(21)9(6-8-4-2-1-3-5-8)14-13(20)12(19)11(18)10(7-17)22-14/h1-6,10-14,17-20H,7H2,(H2,16,21)/t10-,11-,12+,13-,14+/m1/s1. The van der Waals surface area contributed by atoms with Gasteiger partial charge in [0, 0.05) is 5.57 Å². The molecule has 0 spiro atoms. The van der Waals surface area contributed by atoms with Crippen molar-refractivity contribution in [3.63, 3.8) is 0 Å². The van der Waals surface area contributed by atoms with E-state index in [9.17, 15) is 25.2 Å². The van der Waals surface area contributed by atoms with Crippen molar-refractivity contribution in [1.82, 2.24) is 0 Å². The zero-order chi connectivity index (χ0) is 16.3. The highest BCUT2D eigenvalue weighted by Gasteiger charge is 2.45. The van der Waals surface area contributed by atoms with E-state index in [-0.39, 0.29) is 5.57 Å². The van der Waals surface area contributed by atoms with Crippen LogP contribution in [0.1, 0.15) is 5.56 Å². The van der Waals surface area contributed by atoms with Crippen LogP contribution in [-0.4, -0.2) is 63.5 Å². The Morgan fingerprint density at radius 2 is 1.77 bits per heavy atom. The van der Waals surface area contributed by atoms with E-state index in [2.05, 4.69) is 0 Å². The number of hydrogen-bond donors (Lipinski definition) is 5. The molecule has 0 bridgehead atoms. The Kier molecular flexibility index (Phi) is 5.28. The molecule has 1 aliphatic rings. The second-order valence-corrected chi connectivity index (χ2v) is 5.12. The first-order chi connectivity index (χ1) is 10.5. The van der Waals surface area contributed by atoms with Crippen molar-refractivity contribution in [3.05, 3.63) is 41.5 Å². The van der Waals surface area contributed by atoms with Gasteiger partial charge in [-0.2, -0.15) is 0 Å². The number of benzene rings is 1. The van der Waals surface area contributed by atoms with Gasteiger partial charge < -0.3 is 30.9 Å². The maximum absolute atomic E-state index is 11.7. The van der Waals surface area contributed by atoms with Crippen LogP contribution in [0.5, 0.6) is 0 Å². The summed E-state index contributed by atoms with van der Waals surface area (Å²) in [6.45, 7) is -0.571. The van der Waals surface area contributed by atoms with Crippen LogP contribution in [0.3, 0.4) is 0 Å². The molecule has 1 aliphatic heterocycles. The quantitative estimate of drug-likeness (QED) is 0.425. The Bertz CT molecular complexity index is 544. The second-order valence-electron chi connectivity index (χ2n) is 5.12. The summed E-state index contributed by atoms with van der Waals surface area (Å²) in [5.74, 6) is -0.826. The second kappa shape index (κ2) is 6.99. The molecule has 0 aliphatic carbocycles. The van der Waals surface area contributed by atoms with Crippen molar-refractivity contribution >= 4 is 12.0 Å². The van der Waals surface area contributed by atoms with Gasteiger partial charge in [-0.15, -0.1) is 0 Å². The maximum atomic E-state index is 11.7. The average Bonchev–Trinajstić information content (AvgIpc) is 2.52. The number of nitrogens with two attached hydrogens (primary N) is 1. The van der Waals surface area contributed by atoms with Crippen molar-refractivity contribution < 1.29 is 30.0 Å². The normalized spacial score (nSPS) is 32.7. The van der Waals surface area contributed by atoms with E-state index in [1.165, 1.54) is 6.08 Å². The minimum Gasteiger partial charge on any atom is -0.394 e. The molecule has 1 heterocycles. The van der Waals surface area contributed by atoms with Crippen molar-refractivity contribution in [1.29, 1.82) is 0 Å². The third-order valence-electron chi connectivity index (χ3n) is 3.61. The van der Waals surface area contributed by atoms with Crippen LogP contribution in [0.4, 0.5) is 0 Å². The molecule has 2 rings (SSSR count). The topological polar surface area (TPSA) is 133 Å². The maximum Gasteiger partial charge on any atom is 0.247 e. The third kappa shape index (κ3) is 3.34. The summed E-state index contributed by atoms with van der Waals surface area (Å²) in [4.78, 5) is 11.7. The molecule has 0 aromatic heterocycles. The minimum atomic E-state index is -1.56. The van der Waals surface area contributed by atoms with Crippen LogP contribution in [-0.2, 0) is 9.53 Å². The summed E-state index contributed by atoms with van der Waals surface area (Å²) in [7, 11) is 0. The lowest BCUT2D eigenvalue weighted by atomic mass is 9.90. The van der Waals surface area contributed by atoms with Crippen LogP contribution in [0.15, 0.2) is 35.9 Å². The number of rotatable bonds is 4. The molecule has 7 heteroatoms. The zero-order valence-corrected chi connectivity index (χ0v) is 11.7. The van der Waals surface area contributed by atoms with Crippen LogP contribution in [0.25, 0.3) is 6.08 Å². The highest BCUT2D eigenvalue weighted by molar-refractivity contribution is 5.97. The molecule has 1 amide bonds. The average molecular weight is 309 g/mol. The lowest BCUT2D eigenvalue weighted by Crippen LogP contribution is -2.59. The Morgan fingerprint density at radius 3 is 2.32 bits per heavy atom. The Labute approximate surface area is 127 Å². The number of amides is 1. The Hall–Kier alpha value is -1.77. The van der Waals surface area contributed by atoms with Gasteiger partial charge in [-0.25, -0.2) is 0 Å². The van der Waals surface area contributed by atoms with Gasteiger partial charge in [-0.1, -0.05) is 30.3 Å². The van der Waals surface area contributed by atoms with E-state index in [1.54, 1.807) is 30.3 Å². The van der Waals surface area contributed by atoms with E-state index < -0.39 is 43.0 Å². The lowest BCUT2D eigenvalue weighted by Gasteiger charge is -2.40. The molecule has 6 N–H and O–H groups in total. The molecule has 0 unspecified atom stereocenters. The van der Waals surface area contributed by atoms with E-state index >= 15 is 0 Å². The highest BCUT2D eigenvalue weighted by atomic mass is 16.5. The summed E-state index contributed by atoms with van der Waals surface area (Å²) in [5, 5.41) is 38.8. The first-order valence-corrected chi connectivity index (χ1v) is 6.82. The molecule has 5 atom stereocenters. The third-order valence-corrected chi connectivity index (χ3v) is 3.61. The fraction of sp³-hybridized carbons (Fsp3) is 0.400. The predicted molar refractivity (Wildman–Crippen MR) is 77.4 cm³/mol. The van der Waals surface area contributed by atoms with E-state index in [1.807, 2.05) is 0 Å². The number of hydrogen-bond acceptors (Lipinski definition) is 6. The van der Waals surface area contributed by atoms with Gasteiger partial charge in [-0.05, 0) is 11.6 Å². The molecular weight excluding hydrogens is 290 g/mol. The van der Waals surface area contributed by atoms with Gasteiger partial charge >= 0.3 is 0 Å². The largest absolute Gasteiger partial charge is 0.394 e. The van der Waals surface area contributed by atoms with Crippen LogP contribution in [0, 0.1) is 0 Å². The molecule has 1 saturated heterocycles. The number of carbonyl (C=O) groups excluding carboxylic acids is 1. The molecule has 0 radical (unpaired) electrons. The number of primary amides is 1. The Balaban J connectivity index is 2.35. The molecule has 1 aromatic rings. The van der Waals surface area contributed by atoms with Crippen LogP contribution >= 0.6 is 0 Å². The summed E-state index contributed by atoms with van der Waals surface area (Å²) in [6.07, 6.45) is -5.48. The van der Waals surface area contributed by atoms with Gasteiger partial charge in [0.1, 0.15) is 30.5 Å². The summed E-state index contributed by atoms with van der Waals surface area (Å²) in [6, 6.07) is 8.78. The van der Waals surface area contributed by atoms with Crippen molar-refractivity contribution in [2.24, 2.45) is 5.73 Å². The first kappa shape index (κ1) is 16.6. The summed E-state index contributed by atoms with van der Waals surface area (Å²) >= 11 is 0. The molecule has 7 nitrogen and oxygen atoms in total. The number of ether oxygens (including phenoxy) is 1. The van der Waals surface area contributed by atoms with E-state index in [0.29, 0.717) is 5.56 Å². The monoisotopic (exact) mass is 309 g/mol. The molecule has 1 aromatic carbocycles. The first-order valence-electron chi connectivity index (χ1n) is 6.82. The van der Waals surface area contributed by atoms with Gasteiger partial charge in [0.25, 0.3) is 0 Å². The molecule has 22 heavy (non-hydrogen) atoms. The van der Waals surface area contributed by atoms with Crippen LogP contribution in [0.2, 0.25) is 0 Å². The zero-order valence-electron chi connectivity index (χ0n) is 11.7. The number of aliphatic hydroxyl groups excluding tert-OH is 4. The SMILES string of the molecule is NC(=O)C(=Cc1ccccc1)[C@@H]1O[C@H](CO)[C@@H](O)[C@H](O)[C@H]1O. The number of aliphatic hydroxyl groups is 4. The van der Waals surface area contributed by atoms with Crippen molar-refractivity contribution in [3.8, 4) is 0 Å². The molecule has 120 valence electrons. The van der Waals surface area contributed by atoms with Gasteiger partial charge in [0.15, 0.2) is 0 Å². The van der Waals surface area contributed by atoms with Crippen LogP contribution < -0.4 is 5.73 Å². The van der Waals surface area contributed by atoms with E-state index in [0.717, 1.165) is 0 Å². The molecular formula is C15H19NO6. The highest BCUT2D eigenvalue weighted by Crippen LogP contribution is 2.26. The van der Waals surface area contributed by atoms with Crippen molar-refractivity contribution in [2.45, 2.75) is 30.5 Å². The molecule has 0 saturated carbocycles. The van der Waals surface area contributed by atoms with Gasteiger partial charge in [0.2, 0.25) is 5.91 Å². The summed E-state index contributed by atoms with van der Waals surface area (Å²) < 4.78 is 5.35. The van der Waals surface area contributed by atoms with Gasteiger partial charge in [0.05, 0.1) is 6.61 Å².